The van der Waals surface area contributed by atoms with Gasteiger partial charge < -0.3 is 16.4 Å². The Bertz CT molecular complexity index is 938. The first-order chi connectivity index (χ1) is 12.6. The van der Waals surface area contributed by atoms with Crippen molar-refractivity contribution in [1.29, 1.82) is 0 Å². The van der Waals surface area contributed by atoms with Gasteiger partial charge >= 0.3 is 0 Å². The molecular formula is C20H18ClN3OS. The molecule has 0 aliphatic carbocycles. The minimum absolute atomic E-state index is 0.116. The normalized spacial score (nSPS) is 21.3. The first-order valence-electron chi connectivity index (χ1n) is 8.37. The summed E-state index contributed by atoms with van der Waals surface area (Å²) < 4.78 is 0. The molecule has 2 aliphatic heterocycles. The molecule has 1 amide bonds. The van der Waals surface area contributed by atoms with Crippen LogP contribution in [-0.4, -0.2) is 5.91 Å². The molecule has 0 bridgehead atoms. The number of carbonyl (C=O) groups excluding carboxylic acids is 1. The number of rotatable bonds is 3. The number of amides is 1. The second-order valence-electron chi connectivity index (χ2n) is 6.29. The van der Waals surface area contributed by atoms with Crippen molar-refractivity contribution in [2.75, 3.05) is 5.32 Å². The molecule has 0 spiro atoms. The average Bonchev–Trinajstić information content (AvgIpc) is 3.09. The van der Waals surface area contributed by atoms with E-state index in [-0.39, 0.29) is 11.8 Å². The Labute approximate surface area is 161 Å². The number of benzene rings is 2. The van der Waals surface area contributed by atoms with Gasteiger partial charge in [0, 0.05) is 22.4 Å². The monoisotopic (exact) mass is 383 g/mol. The maximum atomic E-state index is 12.4. The lowest BCUT2D eigenvalue weighted by Gasteiger charge is -2.25. The fraction of sp³-hybridized carbons (Fsp3) is 0.150. The van der Waals surface area contributed by atoms with Gasteiger partial charge in [-0.05, 0) is 41.2 Å². The molecule has 4 nitrogen and oxygen atoms in total. The van der Waals surface area contributed by atoms with Crippen molar-refractivity contribution in [2.45, 2.75) is 13.0 Å². The van der Waals surface area contributed by atoms with Gasteiger partial charge in [-0.2, -0.15) is 0 Å². The van der Waals surface area contributed by atoms with Crippen molar-refractivity contribution in [3.05, 3.63) is 86.4 Å². The summed E-state index contributed by atoms with van der Waals surface area (Å²) in [7, 11) is 0. The van der Waals surface area contributed by atoms with Crippen molar-refractivity contribution in [2.24, 2.45) is 11.7 Å². The van der Waals surface area contributed by atoms with Gasteiger partial charge in [0.25, 0.3) is 5.91 Å². The van der Waals surface area contributed by atoms with Crippen molar-refractivity contribution in [3.8, 4) is 0 Å². The molecule has 2 aliphatic rings. The minimum Gasteiger partial charge on any atom is -0.340 e. The van der Waals surface area contributed by atoms with Crippen LogP contribution >= 0.6 is 23.4 Å². The smallest absolute Gasteiger partial charge is 0.258 e. The lowest BCUT2D eigenvalue weighted by Crippen LogP contribution is -2.34. The molecule has 0 fully saturated rings. The van der Waals surface area contributed by atoms with Gasteiger partial charge in [-0.15, -0.1) is 0 Å². The molecule has 4 N–H and O–H groups in total. The molecule has 26 heavy (non-hydrogen) atoms. The zero-order valence-electron chi connectivity index (χ0n) is 14.0. The third-order valence-electron chi connectivity index (χ3n) is 4.50. The summed E-state index contributed by atoms with van der Waals surface area (Å²) in [6.45, 7) is 0.534. The number of allylic oxidation sites excluding steroid dienone is 2. The van der Waals surface area contributed by atoms with E-state index in [2.05, 4.69) is 34.3 Å². The van der Waals surface area contributed by atoms with Crippen LogP contribution in [0.1, 0.15) is 21.5 Å². The van der Waals surface area contributed by atoms with E-state index >= 15 is 0 Å². The predicted octanol–water partition coefficient (Wildman–Crippen LogP) is 4.24. The molecule has 2 heterocycles. The van der Waals surface area contributed by atoms with Crippen molar-refractivity contribution in [3.63, 3.8) is 0 Å². The molecule has 4 rings (SSSR count). The van der Waals surface area contributed by atoms with E-state index in [1.54, 1.807) is 30.0 Å². The van der Waals surface area contributed by atoms with Crippen LogP contribution in [0.15, 0.2) is 64.7 Å². The lowest BCUT2D eigenvalue weighted by molar-refractivity contribution is 0.0963. The van der Waals surface area contributed by atoms with Gasteiger partial charge in [-0.1, -0.05) is 53.7 Å². The van der Waals surface area contributed by atoms with Gasteiger partial charge in [-0.25, -0.2) is 0 Å². The SMILES string of the molecule is NCc1cccc(CC2C=CSC2=C2NC(=O)c3ccc(Cl)cc3N2)c1. The maximum absolute atomic E-state index is 12.4. The summed E-state index contributed by atoms with van der Waals surface area (Å²) in [5, 5.41) is 8.98. The number of hydrogen-bond donors (Lipinski definition) is 3. The van der Waals surface area contributed by atoms with Crippen LogP contribution in [0.4, 0.5) is 5.69 Å². The number of nitrogens with one attached hydrogen (secondary N) is 2. The fourth-order valence-electron chi connectivity index (χ4n) is 3.21. The molecule has 1 atom stereocenters. The van der Waals surface area contributed by atoms with Gasteiger partial charge in [0.2, 0.25) is 0 Å². The van der Waals surface area contributed by atoms with Crippen LogP contribution in [0.25, 0.3) is 0 Å². The number of thioether (sulfide) groups is 1. The number of nitrogens with two attached hydrogens (primary N) is 1. The number of halogens is 1. The van der Waals surface area contributed by atoms with E-state index in [4.69, 9.17) is 17.3 Å². The molecule has 6 heteroatoms. The number of hydrogen-bond acceptors (Lipinski definition) is 4. The van der Waals surface area contributed by atoms with E-state index in [9.17, 15) is 4.79 Å². The number of carbonyl (C=O) groups is 1. The molecule has 0 aromatic heterocycles. The summed E-state index contributed by atoms with van der Waals surface area (Å²) in [6.07, 6.45) is 3.03. The molecule has 0 radical (unpaired) electrons. The summed E-state index contributed by atoms with van der Waals surface area (Å²) in [4.78, 5) is 13.5. The first-order valence-corrected chi connectivity index (χ1v) is 9.63. The van der Waals surface area contributed by atoms with E-state index < -0.39 is 0 Å². The van der Waals surface area contributed by atoms with Gasteiger partial charge in [0.1, 0.15) is 5.82 Å². The molecule has 2 aromatic carbocycles. The highest BCUT2D eigenvalue weighted by Gasteiger charge is 2.27. The Kier molecular flexibility index (Phi) is 4.76. The summed E-state index contributed by atoms with van der Waals surface area (Å²) >= 11 is 7.71. The van der Waals surface area contributed by atoms with Gasteiger partial charge in [0.05, 0.1) is 11.3 Å². The topological polar surface area (TPSA) is 67.1 Å². The molecule has 132 valence electrons. The van der Waals surface area contributed by atoms with Crippen LogP contribution < -0.4 is 16.4 Å². The lowest BCUT2D eigenvalue weighted by atomic mass is 9.97. The molecule has 0 saturated heterocycles. The Morgan fingerprint density at radius 3 is 2.81 bits per heavy atom. The highest BCUT2D eigenvalue weighted by Crippen LogP contribution is 2.39. The minimum atomic E-state index is -0.116. The largest absolute Gasteiger partial charge is 0.340 e. The second-order valence-corrected chi connectivity index (χ2v) is 7.67. The van der Waals surface area contributed by atoms with E-state index in [1.807, 2.05) is 12.1 Å². The van der Waals surface area contributed by atoms with Crippen LogP contribution in [-0.2, 0) is 13.0 Å². The Balaban J connectivity index is 1.63. The Hall–Kier alpha value is -2.21. The third-order valence-corrected chi connectivity index (χ3v) is 5.79. The van der Waals surface area contributed by atoms with Crippen molar-refractivity contribution in [1.82, 2.24) is 5.32 Å². The zero-order valence-corrected chi connectivity index (χ0v) is 15.5. The van der Waals surface area contributed by atoms with Gasteiger partial charge in [0.15, 0.2) is 0 Å². The summed E-state index contributed by atoms with van der Waals surface area (Å²) in [5.41, 5.74) is 9.44. The summed E-state index contributed by atoms with van der Waals surface area (Å²) in [5.74, 6) is 0.825. The second kappa shape index (κ2) is 7.19. The van der Waals surface area contributed by atoms with E-state index in [1.165, 1.54) is 5.56 Å². The average molecular weight is 384 g/mol. The third kappa shape index (κ3) is 3.38. The molecule has 0 saturated carbocycles. The van der Waals surface area contributed by atoms with Crippen LogP contribution in [0.5, 0.6) is 0 Å². The molecule has 2 aromatic rings. The predicted molar refractivity (Wildman–Crippen MR) is 108 cm³/mol. The maximum Gasteiger partial charge on any atom is 0.258 e. The summed E-state index contributed by atoms with van der Waals surface area (Å²) in [6, 6.07) is 13.6. The zero-order chi connectivity index (χ0) is 18.1. The van der Waals surface area contributed by atoms with E-state index in [0.29, 0.717) is 17.1 Å². The highest BCUT2D eigenvalue weighted by atomic mass is 35.5. The van der Waals surface area contributed by atoms with Crippen LogP contribution in [0.3, 0.4) is 0 Å². The quantitative estimate of drug-likeness (QED) is 0.741. The molecular weight excluding hydrogens is 366 g/mol. The molecule has 1 unspecified atom stereocenters. The first kappa shape index (κ1) is 17.2. The van der Waals surface area contributed by atoms with Crippen LogP contribution in [0.2, 0.25) is 5.02 Å². The Morgan fingerprint density at radius 2 is 1.96 bits per heavy atom. The van der Waals surface area contributed by atoms with Gasteiger partial charge in [-0.3, -0.25) is 4.79 Å². The number of anilines is 1. The van der Waals surface area contributed by atoms with Crippen molar-refractivity contribution < 1.29 is 4.79 Å². The Morgan fingerprint density at radius 1 is 1.12 bits per heavy atom. The fourth-order valence-corrected chi connectivity index (χ4v) is 4.36. The van der Waals surface area contributed by atoms with Crippen LogP contribution in [0, 0.1) is 5.92 Å². The van der Waals surface area contributed by atoms with E-state index in [0.717, 1.165) is 28.4 Å². The number of fused-ring (bicyclic) bond motifs is 1. The van der Waals surface area contributed by atoms with Crippen molar-refractivity contribution >= 4 is 35.0 Å². The highest BCUT2D eigenvalue weighted by molar-refractivity contribution is 8.06. The standard InChI is InChI=1S/C20H18ClN3OS/c21-15-4-5-16-17(10-15)23-19(24-20(16)25)18-14(6-7-26-18)9-12-2-1-3-13(8-12)11-22/h1-8,10,14,23H,9,11,22H2,(H,24,25).